The van der Waals surface area contributed by atoms with Crippen molar-refractivity contribution in [2.24, 2.45) is 5.92 Å². The van der Waals surface area contributed by atoms with Gasteiger partial charge in [-0.2, -0.15) is 0 Å². The van der Waals surface area contributed by atoms with Crippen molar-refractivity contribution in [3.63, 3.8) is 0 Å². The summed E-state index contributed by atoms with van der Waals surface area (Å²) in [5, 5.41) is 0. The molecule has 1 amide bonds. The lowest BCUT2D eigenvalue weighted by Crippen LogP contribution is -2.30. The quantitative estimate of drug-likeness (QED) is 0.544. The molecule has 0 radical (unpaired) electrons. The van der Waals surface area contributed by atoms with E-state index in [4.69, 9.17) is 9.47 Å². The molecule has 0 bridgehead atoms. The van der Waals surface area contributed by atoms with Gasteiger partial charge >= 0.3 is 5.97 Å². The van der Waals surface area contributed by atoms with Crippen LogP contribution in [0.1, 0.15) is 35.3 Å². The van der Waals surface area contributed by atoms with E-state index in [-0.39, 0.29) is 37.3 Å². The fourth-order valence-electron chi connectivity index (χ4n) is 3.38. The minimum absolute atomic E-state index is 0.0886. The van der Waals surface area contributed by atoms with Gasteiger partial charge in [-0.3, -0.25) is 14.4 Å². The molecular weight excluding hydrogens is 358 g/mol. The highest BCUT2D eigenvalue weighted by molar-refractivity contribution is 6.00. The van der Waals surface area contributed by atoms with E-state index in [1.54, 1.807) is 29.2 Å². The molecule has 0 spiro atoms. The molecule has 146 valence electrons. The Morgan fingerprint density at radius 3 is 2.50 bits per heavy atom. The van der Waals surface area contributed by atoms with Crippen molar-refractivity contribution in [2.45, 2.75) is 19.4 Å². The number of para-hydroxylation sites is 1. The van der Waals surface area contributed by atoms with E-state index in [0.717, 1.165) is 5.56 Å². The fourth-order valence-corrected chi connectivity index (χ4v) is 3.38. The average molecular weight is 381 g/mol. The van der Waals surface area contributed by atoms with Crippen LogP contribution in [0.5, 0.6) is 5.75 Å². The molecule has 0 N–H and O–H groups in total. The van der Waals surface area contributed by atoms with E-state index in [0.29, 0.717) is 11.3 Å². The molecular formula is C22H23NO5. The number of esters is 1. The third kappa shape index (κ3) is 4.22. The molecule has 1 heterocycles. The lowest BCUT2D eigenvalue weighted by molar-refractivity contribution is -0.147. The van der Waals surface area contributed by atoms with Crippen LogP contribution in [0.25, 0.3) is 0 Å². The number of hydrogen-bond donors (Lipinski definition) is 0. The number of ketones is 1. The Balaban J connectivity index is 1.58. The maximum Gasteiger partial charge on any atom is 0.311 e. The topological polar surface area (TPSA) is 72.9 Å². The normalized spacial score (nSPS) is 17.3. The van der Waals surface area contributed by atoms with Crippen molar-refractivity contribution in [1.82, 2.24) is 4.90 Å². The Labute approximate surface area is 164 Å². The molecule has 2 atom stereocenters. The fraction of sp³-hybridized carbons (Fsp3) is 0.318. The smallest absolute Gasteiger partial charge is 0.311 e. The summed E-state index contributed by atoms with van der Waals surface area (Å²) < 4.78 is 10.4. The lowest BCUT2D eigenvalue weighted by Gasteiger charge is -2.25. The summed E-state index contributed by atoms with van der Waals surface area (Å²) in [6.07, 6.45) is 0.0961. The first-order valence-corrected chi connectivity index (χ1v) is 9.18. The molecule has 0 aliphatic carbocycles. The van der Waals surface area contributed by atoms with Crippen LogP contribution in [-0.2, 0) is 14.3 Å². The Morgan fingerprint density at radius 2 is 1.79 bits per heavy atom. The summed E-state index contributed by atoms with van der Waals surface area (Å²) in [4.78, 5) is 38.8. The van der Waals surface area contributed by atoms with Crippen LogP contribution >= 0.6 is 0 Å². The predicted octanol–water partition coefficient (Wildman–Crippen LogP) is 3.03. The number of amides is 1. The van der Waals surface area contributed by atoms with Gasteiger partial charge in [-0.25, -0.2) is 0 Å². The molecule has 1 aliphatic heterocycles. The number of hydrogen-bond acceptors (Lipinski definition) is 5. The number of ether oxygens (including phenoxy) is 2. The summed E-state index contributed by atoms with van der Waals surface area (Å²) >= 11 is 0. The first-order valence-electron chi connectivity index (χ1n) is 9.18. The molecule has 6 heteroatoms. The maximum absolute atomic E-state index is 12.4. The molecule has 1 saturated heterocycles. The van der Waals surface area contributed by atoms with Crippen molar-refractivity contribution in [2.75, 3.05) is 20.3 Å². The van der Waals surface area contributed by atoms with Gasteiger partial charge in [-0.1, -0.05) is 42.5 Å². The van der Waals surface area contributed by atoms with E-state index < -0.39 is 11.9 Å². The van der Waals surface area contributed by atoms with Crippen LogP contribution in [0.15, 0.2) is 54.6 Å². The number of carbonyl (C=O) groups excluding carboxylic acids is 3. The van der Waals surface area contributed by atoms with Gasteiger partial charge in [0.2, 0.25) is 11.7 Å². The molecule has 2 aromatic carbocycles. The Bertz CT molecular complexity index is 864. The molecule has 0 aromatic heterocycles. The zero-order valence-electron chi connectivity index (χ0n) is 16.0. The number of carbonyl (C=O) groups is 3. The first kappa shape index (κ1) is 19.6. The van der Waals surface area contributed by atoms with Gasteiger partial charge in [0.25, 0.3) is 0 Å². The number of benzene rings is 2. The van der Waals surface area contributed by atoms with Crippen LogP contribution in [0, 0.1) is 5.92 Å². The monoisotopic (exact) mass is 381 g/mol. The van der Waals surface area contributed by atoms with Crippen LogP contribution in [0.4, 0.5) is 0 Å². The average Bonchev–Trinajstić information content (AvgIpc) is 3.13. The second kappa shape index (κ2) is 8.69. The second-order valence-corrected chi connectivity index (χ2v) is 6.76. The number of methoxy groups -OCH3 is 1. The number of nitrogens with zero attached hydrogens (tertiary/aromatic N) is 1. The highest BCUT2D eigenvalue weighted by Crippen LogP contribution is 2.29. The third-order valence-electron chi connectivity index (χ3n) is 4.99. The SMILES string of the molecule is COc1ccccc1C(=O)COC(=O)[C@H]1CC(=O)N([C@H](C)c2ccccc2)C1. The maximum atomic E-state index is 12.4. The molecule has 3 rings (SSSR count). The van der Waals surface area contributed by atoms with Crippen LogP contribution < -0.4 is 4.74 Å². The summed E-state index contributed by atoms with van der Waals surface area (Å²) in [5.41, 5.74) is 1.37. The zero-order chi connectivity index (χ0) is 20.1. The zero-order valence-corrected chi connectivity index (χ0v) is 16.0. The van der Waals surface area contributed by atoms with E-state index in [9.17, 15) is 14.4 Å². The number of likely N-dealkylation sites (tertiary alicyclic amines) is 1. The molecule has 6 nitrogen and oxygen atoms in total. The lowest BCUT2D eigenvalue weighted by atomic mass is 10.1. The van der Waals surface area contributed by atoms with Crippen LogP contribution in [0.3, 0.4) is 0 Å². The number of rotatable bonds is 7. The summed E-state index contributed by atoms with van der Waals surface area (Å²) in [7, 11) is 1.48. The van der Waals surface area contributed by atoms with Gasteiger partial charge in [-0.05, 0) is 24.6 Å². The Morgan fingerprint density at radius 1 is 1.11 bits per heavy atom. The van der Waals surface area contributed by atoms with Crippen molar-refractivity contribution in [1.29, 1.82) is 0 Å². The van der Waals surface area contributed by atoms with Crippen LogP contribution in [-0.4, -0.2) is 42.8 Å². The van der Waals surface area contributed by atoms with E-state index in [1.165, 1.54) is 7.11 Å². The Hall–Kier alpha value is -3.15. The molecule has 0 saturated carbocycles. The van der Waals surface area contributed by atoms with Crippen molar-refractivity contribution < 1.29 is 23.9 Å². The molecule has 1 aliphatic rings. The molecule has 1 fully saturated rings. The number of Topliss-reactive ketones (excluding diaryl/α,β-unsaturated/α-hetero) is 1. The minimum atomic E-state index is -0.566. The van der Waals surface area contributed by atoms with E-state index >= 15 is 0 Å². The van der Waals surface area contributed by atoms with Gasteiger partial charge in [0.05, 0.1) is 24.6 Å². The van der Waals surface area contributed by atoms with Crippen molar-refractivity contribution in [3.8, 4) is 5.75 Å². The van der Waals surface area contributed by atoms with Crippen molar-refractivity contribution >= 4 is 17.7 Å². The van der Waals surface area contributed by atoms with Gasteiger partial charge < -0.3 is 14.4 Å². The van der Waals surface area contributed by atoms with Gasteiger partial charge in [0.15, 0.2) is 6.61 Å². The Kier molecular flexibility index (Phi) is 6.09. The van der Waals surface area contributed by atoms with Gasteiger partial charge in [-0.15, -0.1) is 0 Å². The van der Waals surface area contributed by atoms with Crippen molar-refractivity contribution in [3.05, 3.63) is 65.7 Å². The molecule has 2 aromatic rings. The summed E-state index contributed by atoms with van der Waals surface area (Å²) in [5.74, 6) is -1.09. The predicted molar refractivity (Wildman–Crippen MR) is 103 cm³/mol. The van der Waals surface area contributed by atoms with Gasteiger partial charge in [0, 0.05) is 13.0 Å². The van der Waals surface area contributed by atoms with E-state index in [2.05, 4.69) is 0 Å². The standard InChI is InChI=1S/C22H23NO5/c1-15(16-8-4-3-5-9-16)23-13-17(12-21(23)25)22(26)28-14-19(24)18-10-6-7-11-20(18)27-2/h3-11,15,17H,12-14H2,1-2H3/t15-,17+/m1/s1. The first-order chi connectivity index (χ1) is 13.5. The second-order valence-electron chi connectivity index (χ2n) is 6.76. The third-order valence-corrected chi connectivity index (χ3v) is 4.99. The largest absolute Gasteiger partial charge is 0.496 e. The molecule has 0 unspecified atom stereocenters. The van der Waals surface area contributed by atoms with Gasteiger partial charge in [0.1, 0.15) is 5.75 Å². The summed E-state index contributed by atoms with van der Waals surface area (Å²) in [6.45, 7) is 1.85. The summed E-state index contributed by atoms with van der Waals surface area (Å²) in [6, 6.07) is 16.3. The highest BCUT2D eigenvalue weighted by Gasteiger charge is 2.38. The minimum Gasteiger partial charge on any atom is -0.496 e. The highest BCUT2D eigenvalue weighted by atomic mass is 16.5. The molecule has 28 heavy (non-hydrogen) atoms. The van der Waals surface area contributed by atoms with E-state index in [1.807, 2.05) is 37.3 Å². The van der Waals surface area contributed by atoms with Crippen LogP contribution in [0.2, 0.25) is 0 Å².